The lowest BCUT2D eigenvalue weighted by atomic mass is 9.81. The van der Waals surface area contributed by atoms with Crippen LogP contribution in [0, 0.1) is 0 Å². The first kappa shape index (κ1) is 23.7. The topological polar surface area (TPSA) is 86.8 Å². The van der Waals surface area contributed by atoms with Crippen LogP contribution in [0.1, 0.15) is 52.0 Å². The predicted octanol–water partition coefficient (Wildman–Crippen LogP) is 4.47. The lowest BCUT2D eigenvalue weighted by Crippen LogP contribution is -2.43. The molecule has 0 spiro atoms. The molecule has 1 aromatic heterocycles. The zero-order valence-electron chi connectivity index (χ0n) is 19.4. The highest BCUT2D eigenvalue weighted by Gasteiger charge is 2.43. The Kier molecular flexibility index (Phi) is 6.48. The average Bonchev–Trinajstić information content (AvgIpc) is 3.41. The van der Waals surface area contributed by atoms with Gasteiger partial charge in [0.15, 0.2) is 0 Å². The van der Waals surface area contributed by atoms with Crippen molar-refractivity contribution >= 4 is 38.9 Å². The van der Waals surface area contributed by atoms with Gasteiger partial charge >= 0.3 is 0 Å². The average molecular weight is 510 g/mol. The number of nitrogens with zero attached hydrogens (tertiary/aromatic N) is 2. The number of benzene rings is 2. The summed E-state index contributed by atoms with van der Waals surface area (Å²) in [6.45, 7) is 1.08. The summed E-state index contributed by atoms with van der Waals surface area (Å²) in [6.07, 6.45) is 2.80. The maximum atomic E-state index is 13.6. The first-order chi connectivity index (χ1) is 16.9. The van der Waals surface area contributed by atoms with Crippen LogP contribution in [0.15, 0.2) is 70.9 Å². The molecule has 182 valence electrons. The van der Waals surface area contributed by atoms with Gasteiger partial charge in [0.25, 0.3) is 5.91 Å². The zero-order valence-corrected chi connectivity index (χ0v) is 21.0. The number of likely N-dealkylation sites (N-methyl/N-ethyl adjacent to an activating group) is 1. The summed E-state index contributed by atoms with van der Waals surface area (Å²) in [5, 5.41) is 4.89. The molecular formula is C26H27N3O4S2. The van der Waals surface area contributed by atoms with Crippen molar-refractivity contribution in [2.75, 3.05) is 25.5 Å². The van der Waals surface area contributed by atoms with E-state index >= 15 is 0 Å². The Balaban J connectivity index is 1.43. The summed E-state index contributed by atoms with van der Waals surface area (Å²) >= 11 is 1.51. The molecule has 0 unspecified atom stereocenters. The Bertz CT molecular complexity index is 1330. The summed E-state index contributed by atoms with van der Waals surface area (Å²) in [4.78, 5) is 29.5. The molecule has 0 radical (unpaired) electrons. The fraction of sp³-hybridized carbons (Fsp3) is 0.308. The minimum atomic E-state index is -3.54. The second kappa shape index (κ2) is 9.56. The molecule has 2 aliphatic heterocycles. The third kappa shape index (κ3) is 4.39. The number of carbonyl (C=O) groups excluding carboxylic acids is 2. The minimum Gasteiger partial charge on any atom is -0.333 e. The standard InChI is InChI=1S/C26H27N3O4S2/c1-28-24(22-10-7-17-34-22)23(20-8-3-4-9-21(20)26(28)31)25(30)27-18-11-13-19(14-12-18)35(32,33)29-15-5-2-6-16-29/h3-4,7-14,17,23-24H,2,5-6,15-16H2,1H3,(H,27,30)/t23-,24-/m1/s1. The van der Waals surface area contributed by atoms with Gasteiger partial charge in [-0.1, -0.05) is 30.7 Å². The van der Waals surface area contributed by atoms with Crippen LogP contribution in [0.4, 0.5) is 5.69 Å². The van der Waals surface area contributed by atoms with Crippen molar-refractivity contribution in [1.82, 2.24) is 9.21 Å². The van der Waals surface area contributed by atoms with Crippen LogP contribution in [0.2, 0.25) is 0 Å². The number of amides is 2. The van der Waals surface area contributed by atoms with Gasteiger partial charge < -0.3 is 10.2 Å². The van der Waals surface area contributed by atoms with Crippen molar-refractivity contribution in [2.45, 2.75) is 36.1 Å². The number of rotatable bonds is 5. The van der Waals surface area contributed by atoms with Gasteiger partial charge in [-0.15, -0.1) is 11.3 Å². The van der Waals surface area contributed by atoms with Gasteiger partial charge in [-0.25, -0.2) is 8.42 Å². The first-order valence-corrected chi connectivity index (χ1v) is 14.0. The maximum absolute atomic E-state index is 13.6. The normalized spacial score (nSPS) is 20.9. The molecule has 2 aliphatic rings. The fourth-order valence-electron chi connectivity index (χ4n) is 4.96. The van der Waals surface area contributed by atoms with E-state index in [1.165, 1.54) is 15.6 Å². The van der Waals surface area contributed by atoms with Crippen LogP contribution in [0.25, 0.3) is 0 Å². The number of sulfonamides is 1. The fourth-order valence-corrected chi connectivity index (χ4v) is 7.38. The molecule has 2 amide bonds. The van der Waals surface area contributed by atoms with E-state index in [0.29, 0.717) is 29.9 Å². The highest BCUT2D eigenvalue weighted by atomic mass is 32.2. The van der Waals surface area contributed by atoms with Gasteiger partial charge in [-0.2, -0.15) is 4.31 Å². The Labute approximate surface area is 209 Å². The Morgan fingerprint density at radius 1 is 0.971 bits per heavy atom. The van der Waals surface area contributed by atoms with E-state index in [0.717, 1.165) is 24.1 Å². The van der Waals surface area contributed by atoms with Crippen LogP contribution in [0.5, 0.6) is 0 Å². The van der Waals surface area contributed by atoms with Gasteiger partial charge in [0.1, 0.15) is 0 Å². The summed E-state index contributed by atoms with van der Waals surface area (Å²) in [5.41, 5.74) is 1.72. The van der Waals surface area contributed by atoms with E-state index in [1.54, 1.807) is 48.3 Å². The smallest absolute Gasteiger partial charge is 0.254 e. The number of thiophene rings is 1. The number of piperidine rings is 1. The summed E-state index contributed by atoms with van der Waals surface area (Å²) in [7, 11) is -1.82. The van der Waals surface area contributed by atoms with Crippen molar-refractivity contribution in [1.29, 1.82) is 0 Å². The largest absolute Gasteiger partial charge is 0.333 e. The zero-order chi connectivity index (χ0) is 24.6. The van der Waals surface area contributed by atoms with E-state index < -0.39 is 22.0 Å². The van der Waals surface area contributed by atoms with Gasteiger partial charge in [0, 0.05) is 36.3 Å². The molecule has 0 aliphatic carbocycles. The lowest BCUT2D eigenvalue weighted by Gasteiger charge is -2.39. The molecule has 9 heteroatoms. The molecule has 1 N–H and O–H groups in total. The third-order valence-corrected chi connectivity index (χ3v) is 9.63. The van der Waals surface area contributed by atoms with E-state index in [4.69, 9.17) is 0 Å². The molecule has 35 heavy (non-hydrogen) atoms. The van der Waals surface area contributed by atoms with Gasteiger partial charge in [0.2, 0.25) is 15.9 Å². The molecule has 7 nitrogen and oxygen atoms in total. The monoisotopic (exact) mass is 509 g/mol. The highest BCUT2D eigenvalue weighted by Crippen LogP contribution is 2.43. The van der Waals surface area contributed by atoms with E-state index in [1.807, 2.05) is 29.6 Å². The van der Waals surface area contributed by atoms with E-state index in [9.17, 15) is 18.0 Å². The Morgan fingerprint density at radius 3 is 2.37 bits per heavy atom. The van der Waals surface area contributed by atoms with Gasteiger partial charge in [-0.3, -0.25) is 9.59 Å². The number of fused-ring (bicyclic) bond motifs is 1. The molecule has 0 bridgehead atoms. The number of carbonyl (C=O) groups is 2. The van der Waals surface area contributed by atoms with Crippen molar-refractivity contribution in [3.63, 3.8) is 0 Å². The third-order valence-electron chi connectivity index (χ3n) is 6.77. The number of hydrogen-bond donors (Lipinski definition) is 1. The van der Waals surface area contributed by atoms with Crippen LogP contribution in [-0.2, 0) is 14.8 Å². The first-order valence-electron chi connectivity index (χ1n) is 11.7. The SMILES string of the molecule is CN1C(=O)c2ccccc2[C@@H](C(=O)Nc2ccc(S(=O)(=O)N3CCCCC3)cc2)[C@H]1c1cccs1. The second-order valence-corrected chi connectivity index (χ2v) is 11.8. The molecular weight excluding hydrogens is 482 g/mol. The van der Waals surface area contributed by atoms with Crippen molar-refractivity contribution in [3.05, 3.63) is 82.0 Å². The lowest BCUT2D eigenvalue weighted by molar-refractivity contribution is -0.119. The quantitative estimate of drug-likeness (QED) is 0.550. The number of nitrogens with one attached hydrogen (secondary N) is 1. The molecule has 0 saturated carbocycles. The van der Waals surface area contributed by atoms with Crippen molar-refractivity contribution < 1.29 is 18.0 Å². The molecule has 3 aromatic rings. The molecule has 5 rings (SSSR count). The van der Waals surface area contributed by atoms with Gasteiger partial charge in [-0.05, 0) is 60.2 Å². The van der Waals surface area contributed by atoms with E-state index in [2.05, 4.69) is 5.32 Å². The van der Waals surface area contributed by atoms with Crippen molar-refractivity contribution in [2.24, 2.45) is 0 Å². The van der Waals surface area contributed by atoms with Crippen LogP contribution in [-0.4, -0.2) is 49.6 Å². The maximum Gasteiger partial charge on any atom is 0.254 e. The van der Waals surface area contributed by atoms with Crippen LogP contribution >= 0.6 is 11.3 Å². The molecule has 3 heterocycles. The second-order valence-electron chi connectivity index (χ2n) is 8.92. The summed E-state index contributed by atoms with van der Waals surface area (Å²) in [5.74, 6) is -0.971. The molecule has 2 aromatic carbocycles. The van der Waals surface area contributed by atoms with Gasteiger partial charge in [0.05, 0.1) is 16.9 Å². The van der Waals surface area contributed by atoms with Crippen molar-refractivity contribution in [3.8, 4) is 0 Å². The van der Waals surface area contributed by atoms with Crippen LogP contribution < -0.4 is 5.32 Å². The molecule has 2 atom stereocenters. The molecule has 1 fully saturated rings. The van der Waals surface area contributed by atoms with Crippen LogP contribution in [0.3, 0.4) is 0 Å². The highest BCUT2D eigenvalue weighted by molar-refractivity contribution is 7.89. The predicted molar refractivity (Wildman–Crippen MR) is 136 cm³/mol. The Morgan fingerprint density at radius 2 is 1.69 bits per heavy atom. The molecule has 1 saturated heterocycles. The number of anilines is 1. The Hall–Kier alpha value is -3.01. The van der Waals surface area contributed by atoms with E-state index in [-0.39, 0.29) is 16.7 Å². The number of hydrogen-bond acceptors (Lipinski definition) is 5. The summed E-state index contributed by atoms with van der Waals surface area (Å²) in [6, 6.07) is 17.0. The minimum absolute atomic E-state index is 0.115. The summed E-state index contributed by atoms with van der Waals surface area (Å²) < 4.78 is 27.4.